The number of likely N-dealkylation sites (tertiary alicyclic amines) is 1. The van der Waals surface area contributed by atoms with Crippen LogP contribution in [0.2, 0.25) is 0 Å². The summed E-state index contributed by atoms with van der Waals surface area (Å²) in [5.74, 6) is -3.05. The summed E-state index contributed by atoms with van der Waals surface area (Å²) in [6.45, 7) is 4.23. The molecular weight excluding hydrogens is 525 g/mol. The van der Waals surface area contributed by atoms with Crippen molar-refractivity contribution in [3.63, 3.8) is 0 Å². The quantitative estimate of drug-likeness (QED) is 0.370. The highest BCUT2D eigenvalue weighted by molar-refractivity contribution is 5.94. The molecule has 1 fully saturated rings. The number of carboxylic acids is 1. The molecule has 0 saturated carbocycles. The van der Waals surface area contributed by atoms with Crippen molar-refractivity contribution in [2.45, 2.75) is 38.6 Å². The van der Waals surface area contributed by atoms with Crippen LogP contribution in [0, 0.1) is 11.7 Å². The van der Waals surface area contributed by atoms with Crippen molar-refractivity contribution in [3.05, 3.63) is 82.7 Å². The Bertz CT molecular complexity index is 1420. The number of halogens is 1. The molecule has 41 heavy (non-hydrogen) atoms. The van der Waals surface area contributed by atoms with E-state index < -0.39 is 29.7 Å². The van der Waals surface area contributed by atoms with Crippen LogP contribution in [-0.2, 0) is 22.4 Å². The first-order valence-corrected chi connectivity index (χ1v) is 14.0. The van der Waals surface area contributed by atoms with E-state index in [0.717, 1.165) is 40.9 Å². The summed E-state index contributed by atoms with van der Waals surface area (Å²) in [4.78, 5) is 30.3. The number of anilines is 2. The number of carboxylic acid groups (broad SMARTS) is 1. The molecule has 9 heteroatoms. The predicted molar refractivity (Wildman–Crippen MR) is 155 cm³/mol. The third kappa shape index (κ3) is 5.59. The lowest BCUT2D eigenvalue weighted by atomic mass is 9.82. The fourth-order valence-electron chi connectivity index (χ4n) is 6.07. The average molecular weight is 562 g/mol. The summed E-state index contributed by atoms with van der Waals surface area (Å²) in [6, 6.07) is 16.1. The molecular formula is C32H36FN3O5. The molecule has 216 valence electrons. The number of aliphatic carboxylic acids is 1. The molecule has 2 N–H and O–H groups in total. The Morgan fingerprint density at radius 2 is 1.71 bits per heavy atom. The van der Waals surface area contributed by atoms with Gasteiger partial charge in [-0.1, -0.05) is 44.2 Å². The summed E-state index contributed by atoms with van der Waals surface area (Å²) in [5, 5.41) is 13.6. The van der Waals surface area contributed by atoms with Gasteiger partial charge in [0.1, 0.15) is 0 Å². The molecule has 3 atom stereocenters. The van der Waals surface area contributed by atoms with E-state index in [1.165, 1.54) is 6.07 Å². The number of nitrogens with one attached hydrogen (secondary N) is 1. The van der Waals surface area contributed by atoms with Gasteiger partial charge in [-0.15, -0.1) is 0 Å². The summed E-state index contributed by atoms with van der Waals surface area (Å²) < 4.78 is 25.6. The number of fused-ring (bicyclic) bond motifs is 1. The second kappa shape index (κ2) is 11.8. The van der Waals surface area contributed by atoms with Gasteiger partial charge in [-0.2, -0.15) is 0 Å². The molecule has 1 unspecified atom stereocenters. The van der Waals surface area contributed by atoms with Crippen LogP contribution in [0.3, 0.4) is 0 Å². The summed E-state index contributed by atoms with van der Waals surface area (Å²) in [5.41, 5.74) is 5.17. The smallest absolute Gasteiger partial charge is 0.309 e. The van der Waals surface area contributed by atoms with Crippen LogP contribution in [0.1, 0.15) is 48.1 Å². The standard InChI is InChI=1S/C32H36FN3O5/c1-5-19-8-7-9-20(6-2)29(19)34-27(37)17-36-16-24(22-14-25(33)31-26(15-22)40-18-41-31)28(32(38)39)30(36)21-10-12-23(13-11-21)35(3)4/h7-15,24,28,30H,5-6,16-18H2,1-4H3,(H,34,37)(H,38,39)/t24-,28?,30+/m1/s1. The third-order valence-corrected chi connectivity index (χ3v) is 8.12. The minimum Gasteiger partial charge on any atom is -0.481 e. The second-order valence-electron chi connectivity index (χ2n) is 10.8. The van der Waals surface area contributed by atoms with Gasteiger partial charge in [-0.05, 0) is 59.4 Å². The summed E-state index contributed by atoms with van der Waals surface area (Å²) >= 11 is 0. The van der Waals surface area contributed by atoms with E-state index in [0.29, 0.717) is 5.56 Å². The van der Waals surface area contributed by atoms with Crippen molar-refractivity contribution in [2.75, 3.05) is 44.2 Å². The van der Waals surface area contributed by atoms with Crippen molar-refractivity contribution in [2.24, 2.45) is 5.92 Å². The highest BCUT2D eigenvalue weighted by Gasteiger charge is 2.48. The van der Waals surface area contributed by atoms with E-state index in [-0.39, 0.29) is 37.3 Å². The highest BCUT2D eigenvalue weighted by atomic mass is 19.1. The molecule has 0 spiro atoms. The van der Waals surface area contributed by atoms with E-state index in [1.54, 1.807) is 6.07 Å². The highest BCUT2D eigenvalue weighted by Crippen LogP contribution is 2.48. The first kappa shape index (κ1) is 28.4. The maximum Gasteiger partial charge on any atom is 0.309 e. The molecule has 3 aromatic rings. The van der Waals surface area contributed by atoms with Crippen LogP contribution in [-0.4, -0.2) is 55.9 Å². The number of rotatable bonds is 9. The second-order valence-corrected chi connectivity index (χ2v) is 10.8. The van der Waals surface area contributed by atoms with Gasteiger partial charge in [0.2, 0.25) is 18.4 Å². The number of aryl methyl sites for hydroxylation is 2. The van der Waals surface area contributed by atoms with E-state index in [1.807, 2.05) is 80.2 Å². The molecule has 1 amide bonds. The first-order chi connectivity index (χ1) is 19.7. The van der Waals surface area contributed by atoms with Crippen molar-refractivity contribution >= 4 is 23.3 Å². The molecule has 2 heterocycles. The Labute approximate surface area is 239 Å². The average Bonchev–Trinajstić information content (AvgIpc) is 3.58. The zero-order valence-electron chi connectivity index (χ0n) is 23.8. The Hall–Kier alpha value is -4.11. The number of para-hydroxylation sites is 1. The first-order valence-electron chi connectivity index (χ1n) is 14.0. The molecule has 2 aliphatic rings. The van der Waals surface area contributed by atoms with Gasteiger partial charge in [0, 0.05) is 44.0 Å². The molecule has 8 nitrogen and oxygen atoms in total. The summed E-state index contributed by atoms with van der Waals surface area (Å²) in [6.07, 6.45) is 1.54. The number of carbonyl (C=O) groups excluding carboxylic acids is 1. The molecule has 5 rings (SSSR count). The number of hydrogen-bond donors (Lipinski definition) is 2. The Balaban J connectivity index is 1.51. The lowest BCUT2D eigenvalue weighted by molar-refractivity contribution is -0.143. The van der Waals surface area contributed by atoms with Crippen molar-refractivity contribution < 1.29 is 28.6 Å². The lowest BCUT2D eigenvalue weighted by Crippen LogP contribution is -2.35. The number of ether oxygens (including phenoxy) is 2. The van der Waals surface area contributed by atoms with E-state index in [4.69, 9.17) is 9.47 Å². The topological polar surface area (TPSA) is 91.3 Å². The number of amides is 1. The zero-order chi connectivity index (χ0) is 29.3. The molecule has 0 aromatic heterocycles. The number of carbonyl (C=O) groups is 2. The summed E-state index contributed by atoms with van der Waals surface area (Å²) in [7, 11) is 3.87. The SMILES string of the molecule is CCc1cccc(CC)c1NC(=O)CN1C[C@H](c2cc(F)c3c(c2)OCO3)C(C(=O)O)[C@@H]1c1ccc(N(C)C)cc1. The van der Waals surface area contributed by atoms with Crippen LogP contribution in [0.15, 0.2) is 54.6 Å². The minimum absolute atomic E-state index is 0.0192. The fraction of sp³-hybridized carbons (Fsp3) is 0.375. The van der Waals surface area contributed by atoms with E-state index >= 15 is 0 Å². The predicted octanol–water partition coefficient (Wildman–Crippen LogP) is 5.23. The molecule has 3 aromatic carbocycles. The number of benzene rings is 3. The third-order valence-electron chi connectivity index (χ3n) is 8.12. The number of hydrogen-bond acceptors (Lipinski definition) is 6. The monoisotopic (exact) mass is 561 g/mol. The van der Waals surface area contributed by atoms with Crippen molar-refractivity contribution in [1.82, 2.24) is 4.90 Å². The molecule has 0 bridgehead atoms. The van der Waals surface area contributed by atoms with Gasteiger partial charge in [0.25, 0.3) is 0 Å². The van der Waals surface area contributed by atoms with E-state index in [2.05, 4.69) is 5.32 Å². The van der Waals surface area contributed by atoms with Crippen LogP contribution in [0.25, 0.3) is 0 Å². The van der Waals surface area contributed by atoms with Crippen LogP contribution in [0.5, 0.6) is 11.5 Å². The Morgan fingerprint density at radius 1 is 1.02 bits per heavy atom. The maximum absolute atomic E-state index is 14.9. The van der Waals surface area contributed by atoms with Crippen molar-refractivity contribution in [1.29, 1.82) is 0 Å². The van der Waals surface area contributed by atoms with Gasteiger partial charge in [-0.25, -0.2) is 4.39 Å². The van der Waals surface area contributed by atoms with Crippen LogP contribution in [0.4, 0.5) is 15.8 Å². The van der Waals surface area contributed by atoms with Crippen LogP contribution >= 0.6 is 0 Å². The van der Waals surface area contributed by atoms with Crippen molar-refractivity contribution in [3.8, 4) is 11.5 Å². The molecule has 1 saturated heterocycles. The maximum atomic E-state index is 14.9. The zero-order valence-corrected chi connectivity index (χ0v) is 23.8. The fourth-order valence-corrected chi connectivity index (χ4v) is 6.07. The van der Waals surface area contributed by atoms with Gasteiger partial charge >= 0.3 is 5.97 Å². The number of nitrogens with zero attached hydrogens (tertiary/aromatic N) is 2. The molecule has 2 aliphatic heterocycles. The van der Waals surface area contributed by atoms with Gasteiger partial charge in [0.05, 0.1) is 12.5 Å². The van der Waals surface area contributed by atoms with Gasteiger partial charge in [0.15, 0.2) is 11.6 Å². The Kier molecular flexibility index (Phi) is 8.17. The normalized spacial score (nSPS) is 19.8. The molecule has 0 aliphatic carbocycles. The minimum atomic E-state index is -1.01. The largest absolute Gasteiger partial charge is 0.481 e. The van der Waals surface area contributed by atoms with E-state index in [9.17, 15) is 19.1 Å². The molecule has 0 radical (unpaired) electrons. The van der Waals surface area contributed by atoms with Gasteiger partial charge in [-0.3, -0.25) is 14.5 Å². The van der Waals surface area contributed by atoms with Crippen LogP contribution < -0.4 is 19.7 Å². The Morgan fingerprint density at radius 3 is 2.32 bits per heavy atom. The van der Waals surface area contributed by atoms with Gasteiger partial charge < -0.3 is 24.8 Å². The lowest BCUT2D eigenvalue weighted by Gasteiger charge is -2.27.